The van der Waals surface area contributed by atoms with Crippen LogP contribution in [0, 0.1) is 0 Å². The number of benzene rings is 2. The van der Waals surface area contributed by atoms with E-state index in [1.807, 2.05) is 18.2 Å². The molecule has 0 unspecified atom stereocenters. The summed E-state index contributed by atoms with van der Waals surface area (Å²) in [6, 6.07) is 12.3. The van der Waals surface area contributed by atoms with Crippen LogP contribution in [0.25, 0.3) is 11.0 Å². The summed E-state index contributed by atoms with van der Waals surface area (Å²) in [5.41, 5.74) is 3.14. The summed E-state index contributed by atoms with van der Waals surface area (Å²) in [6.45, 7) is 0.353. The first kappa shape index (κ1) is 16.1. The summed E-state index contributed by atoms with van der Waals surface area (Å²) < 4.78 is 3.18. The lowest BCUT2D eigenvalue weighted by molar-refractivity contribution is 0.251. The van der Waals surface area contributed by atoms with Crippen LogP contribution >= 0.6 is 11.6 Å². The van der Waals surface area contributed by atoms with Crippen LogP contribution < -0.4 is 16.3 Å². The van der Waals surface area contributed by atoms with Crippen molar-refractivity contribution in [2.24, 2.45) is 14.1 Å². The fourth-order valence-corrected chi connectivity index (χ4v) is 2.78. The van der Waals surface area contributed by atoms with Crippen LogP contribution in [-0.2, 0) is 20.6 Å². The molecule has 0 atom stereocenters. The molecule has 0 saturated heterocycles. The molecule has 0 fully saturated rings. The third-order valence-electron chi connectivity index (χ3n) is 3.87. The zero-order chi connectivity index (χ0) is 17.3. The first-order valence-corrected chi connectivity index (χ1v) is 7.78. The lowest BCUT2D eigenvalue weighted by atomic mass is 10.2. The number of imidazole rings is 1. The first-order chi connectivity index (χ1) is 11.5. The molecule has 0 aliphatic carbocycles. The summed E-state index contributed by atoms with van der Waals surface area (Å²) in [5.74, 6) is 0. The highest BCUT2D eigenvalue weighted by Gasteiger charge is 2.09. The van der Waals surface area contributed by atoms with Gasteiger partial charge in [0.15, 0.2) is 0 Å². The quantitative estimate of drug-likeness (QED) is 0.767. The van der Waals surface area contributed by atoms with Gasteiger partial charge < -0.3 is 10.6 Å². The molecule has 0 spiro atoms. The van der Waals surface area contributed by atoms with Crippen LogP contribution in [0.4, 0.5) is 10.5 Å². The average molecular weight is 345 g/mol. The molecular weight excluding hydrogens is 328 g/mol. The molecule has 3 rings (SSSR count). The Labute approximate surface area is 143 Å². The number of carbonyl (C=O) groups excluding carboxylic acids is 1. The molecule has 24 heavy (non-hydrogen) atoms. The molecule has 2 amide bonds. The molecule has 1 aromatic heterocycles. The molecule has 7 heteroatoms. The van der Waals surface area contributed by atoms with E-state index in [1.54, 1.807) is 47.5 Å². The Morgan fingerprint density at radius 2 is 1.83 bits per heavy atom. The predicted octanol–water partition coefficient (Wildman–Crippen LogP) is 2.85. The monoisotopic (exact) mass is 344 g/mol. The van der Waals surface area contributed by atoms with E-state index >= 15 is 0 Å². The minimum absolute atomic E-state index is 0.0752. The van der Waals surface area contributed by atoms with Gasteiger partial charge in [-0.25, -0.2) is 9.59 Å². The van der Waals surface area contributed by atoms with Gasteiger partial charge in [0.25, 0.3) is 0 Å². The Morgan fingerprint density at radius 1 is 1.08 bits per heavy atom. The molecule has 6 nitrogen and oxygen atoms in total. The lowest BCUT2D eigenvalue weighted by Gasteiger charge is -2.08. The van der Waals surface area contributed by atoms with Crippen molar-refractivity contribution >= 4 is 34.4 Å². The van der Waals surface area contributed by atoms with Gasteiger partial charge in [0.05, 0.1) is 11.0 Å². The Morgan fingerprint density at radius 3 is 2.58 bits per heavy atom. The number of urea groups is 1. The molecule has 0 saturated carbocycles. The second-order valence-electron chi connectivity index (χ2n) is 5.54. The first-order valence-electron chi connectivity index (χ1n) is 7.40. The van der Waals surface area contributed by atoms with Crippen molar-refractivity contribution in [3.05, 3.63) is 63.5 Å². The number of nitrogens with zero attached hydrogens (tertiary/aromatic N) is 2. The van der Waals surface area contributed by atoms with Crippen LogP contribution in [0.1, 0.15) is 5.56 Å². The molecule has 3 aromatic rings. The highest BCUT2D eigenvalue weighted by Crippen LogP contribution is 2.15. The third-order valence-corrected chi connectivity index (χ3v) is 4.11. The van der Waals surface area contributed by atoms with Gasteiger partial charge >= 0.3 is 11.7 Å². The summed E-state index contributed by atoms with van der Waals surface area (Å²) in [7, 11) is 3.47. The molecule has 124 valence electrons. The molecular formula is C17H17ClN4O2. The van der Waals surface area contributed by atoms with Gasteiger partial charge in [-0.2, -0.15) is 0 Å². The van der Waals surface area contributed by atoms with E-state index in [0.717, 1.165) is 16.6 Å². The Hall–Kier alpha value is -2.73. The Kier molecular flexibility index (Phi) is 4.31. The van der Waals surface area contributed by atoms with E-state index in [2.05, 4.69) is 10.6 Å². The van der Waals surface area contributed by atoms with Crippen molar-refractivity contribution in [1.29, 1.82) is 0 Å². The fraction of sp³-hybridized carbons (Fsp3) is 0.176. The number of aryl methyl sites for hydroxylation is 2. The van der Waals surface area contributed by atoms with Crippen LogP contribution in [-0.4, -0.2) is 15.2 Å². The third kappa shape index (κ3) is 3.14. The number of amides is 2. The van der Waals surface area contributed by atoms with Gasteiger partial charge in [0, 0.05) is 31.4 Å². The number of rotatable bonds is 3. The van der Waals surface area contributed by atoms with Gasteiger partial charge in [-0.3, -0.25) is 9.13 Å². The van der Waals surface area contributed by atoms with Crippen LogP contribution in [0.5, 0.6) is 0 Å². The second-order valence-corrected chi connectivity index (χ2v) is 5.98. The van der Waals surface area contributed by atoms with Gasteiger partial charge in [-0.1, -0.05) is 23.7 Å². The van der Waals surface area contributed by atoms with Gasteiger partial charge in [0.1, 0.15) is 0 Å². The van der Waals surface area contributed by atoms with Crippen molar-refractivity contribution in [1.82, 2.24) is 14.5 Å². The topological polar surface area (TPSA) is 68.1 Å². The minimum atomic E-state index is -0.320. The van der Waals surface area contributed by atoms with E-state index in [9.17, 15) is 9.59 Å². The highest BCUT2D eigenvalue weighted by atomic mass is 35.5. The minimum Gasteiger partial charge on any atom is -0.334 e. The van der Waals surface area contributed by atoms with Gasteiger partial charge in [-0.05, 0) is 35.9 Å². The maximum Gasteiger partial charge on any atom is 0.328 e. The van der Waals surface area contributed by atoms with Gasteiger partial charge in [0.2, 0.25) is 0 Å². The van der Waals surface area contributed by atoms with E-state index in [-0.39, 0.29) is 11.7 Å². The number of anilines is 1. The SMILES string of the molecule is Cn1c(=O)n(C)c2cc(CNC(=O)Nc3cccc(Cl)c3)ccc21. The lowest BCUT2D eigenvalue weighted by Crippen LogP contribution is -2.28. The van der Waals surface area contributed by atoms with E-state index in [4.69, 9.17) is 11.6 Å². The molecule has 2 aromatic carbocycles. The predicted molar refractivity (Wildman–Crippen MR) is 95.5 cm³/mol. The Bertz CT molecular complexity index is 974. The van der Waals surface area contributed by atoms with Crippen molar-refractivity contribution in [3.63, 3.8) is 0 Å². The van der Waals surface area contributed by atoms with E-state index in [1.165, 1.54) is 0 Å². The second kappa shape index (κ2) is 6.41. The average Bonchev–Trinajstić information content (AvgIpc) is 2.77. The van der Waals surface area contributed by atoms with Crippen LogP contribution in [0.3, 0.4) is 0 Å². The molecule has 0 radical (unpaired) electrons. The number of hydrogen-bond donors (Lipinski definition) is 2. The molecule has 1 heterocycles. The maximum absolute atomic E-state index is 12.0. The summed E-state index contributed by atoms with van der Waals surface area (Å²) in [5, 5.41) is 6.06. The number of hydrogen-bond acceptors (Lipinski definition) is 2. The van der Waals surface area contributed by atoms with Crippen LogP contribution in [0.2, 0.25) is 5.02 Å². The molecule has 0 aliphatic rings. The number of carbonyl (C=O) groups is 1. The number of aromatic nitrogens is 2. The highest BCUT2D eigenvalue weighted by molar-refractivity contribution is 6.30. The normalized spacial score (nSPS) is 10.8. The fourth-order valence-electron chi connectivity index (χ4n) is 2.59. The van der Waals surface area contributed by atoms with Gasteiger partial charge in [-0.15, -0.1) is 0 Å². The van der Waals surface area contributed by atoms with Crippen molar-refractivity contribution in [3.8, 4) is 0 Å². The van der Waals surface area contributed by atoms with Crippen molar-refractivity contribution in [2.75, 3.05) is 5.32 Å². The zero-order valence-electron chi connectivity index (χ0n) is 13.3. The zero-order valence-corrected chi connectivity index (χ0v) is 14.1. The van der Waals surface area contributed by atoms with E-state index in [0.29, 0.717) is 17.3 Å². The summed E-state index contributed by atoms with van der Waals surface area (Å²) >= 11 is 5.88. The largest absolute Gasteiger partial charge is 0.334 e. The number of fused-ring (bicyclic) bond motifs is 1. The van der Waals surface area contributed by atoms with E-state index < -0.39 is 0 Å². The summed E-state index contributed by atoms with van der Waals surface area (Å²) in [4.78, 5) is 23.9. The molecule has 0 bridgehead atoms. The molecule has 2 N–H and O–H groups in total. The van der Waals surface area contributed by atoms with Crippen molar-refractivity contribution in [2.45, 2.75) is 6.54 Å². The number of nitrogens with one attached hydrogen (secondary N) is 2. The standard InChI is InChI=1S/C17H17ClN4O2/c1-21-14-7-6-11(8-15(14)22(2)17(21)24)10-19-16(23)20-13-5-3-4-12(18)9-13/h3-9H,10H2,1-2H3,(H2,19,20,23). The maximum atomic E-state index is 12.0. The number of halogens is 1. The smallest absolute Gasteiger partial charge is 0.328 e. The Balaban J connectivity index is 1.70. The van der Waals surface area contributed by atoms with Crippen molar-refractivity contribution < 1.29 is 4.79 Å². The van der Waals surface area contributed by atoms with Crippen LogP contribution in [0.15, 0.2) is 47.3 Å². The summed E-state index contributed by atoms with van der Waals surface area (Å²) in [6.07, 6.45) is 0. The molecule has 0 aliphatic heterocycles.